The van der Waals surface area contributed by atoms with E-state index in [-0.39, 0.29) is 0 Å². The third-order valence-electron chi connectivity index (χ3n) is 7.22. The maximum Gasteiger partial charge on any atom is 0.225 e. The molecule has 4 aromatic rings. The van der Waals surface area contributed by atoms with Crippen molar-refractivity contribution >= 4 is 34.2 Å². The minimum Gasteiger partial charge on any atom is -0.351 e. The van der Waals surface area contributed by atoms with Crippen LogP contribution in [0.1, 0.15) is 43.4 Å². The highest BCUT2D eigenvalue weighted by Gasteiger charge is 2.19. The van der Waals surface area contributed by atoms with E-state index in [1.165, 1.54) is 37.7 Å². The Morgan fingerprint density at radius 1 is 0.923 bits per heavy atom. The molecule has 6 rings (SSSR count). The molecule has 2 fully saturated rings. The lowest BCUT2D eigenvalue weighted by Crippen LogP contribution is -2.46. The molecule has 4 aromatic heterocycles. The molecule has 1 saturated heterocycles. The van der Waals surface area contributed by atoms with Gasteiger partial charge < -0.3 is 15.5 Å². The molecule has 0 radical (unpaired) electrons. The first-order chi connectivity index (χ1) is 19.2. The van der Waals surface area contributed by atoms with E-state index in [0.717, 1.165) is 65.9 Å². The number of nitrogens with zero attached hydrogens (tertiary/aromatic N) is 8. The lowest BCUT2D eigenvalue weighted by atomic mass is 9.96. The molecule has 2 N–H and O–H groups in total. The molecule has 0 amide bonds. The fourth-order valence-corrected chi connectivity index (χ4v) is 5.94. The van der Waals surface area contributed by atoms with E-state index in [1.54, 1.807) is 23.7 Å². The predicted octanol–water partition coefficient (Wildman–Crippen LogP) is 4.90. The van der Waals surface area contributed by atoms with Crippen molar-refractivity contribution in [1.29, 1.82) is 0 Å². The smallest absolute Gasteiger partial charge is 0.225 e. The molecule has 5 heterocycles. The molecule has 1 saturated carbocycles. The van der Waals surface area contributed by atoms with E-state index in [0.29, 0.717) is 12.0 Å². The number of nitrogens with one attached hydrogen (secondary N) is 2. The van der Waals surface area contributed by atoms with Gasteiger partial charge in [0.1, 0.15) is 5.82 Å². The van der Waals surface area contributed by atoms with Crippen LogP contribution in [0, 0.1) is 6.92 Å². The number of aryl methyl sites for hydroxylation is 1. The second-order valence-corrected chi connectivity index (χ2v) is 11.2. The average molecular weight is 543 g/mol. The highest BCUT2D eigenvalue weighted by molar-refractivity contribution is 7.18. The Balaban J connectivity index is 1.03. The van der Waals surface area contributed by atoms with Crippen LogP contribution in [-0.4, -0.2) is 67.0 Å². The third kappa shape index (κ3) is 6.66. The zero-order valence-corrected chi connectivity index (χ0v) is 23.1. The summed E-state index contributed by atoms with van der Waals surface area (Å²) in [5, 5.41) is 7.69. The molecule has 1 aliphatic carbocycles. The third-order valence-corrected chi connectivity index (χ3v) is 8.16. The van der Waals surface area contributed by atoms with Crippen LogP contribution >= 0.6 is 11.3 Å². The summed E-state index contributed by atoms with van der Waals surface area (Å²) in [4.78, 5) is 33.1. The summed E-state index contributed by atoms with van der Waals surface area (Å²) < 4.78 is 0. The molecular formula is C28H34N10S. The van der Waals surface area contributed by atoms with Gasteiger partial charge in [-0.25, -0.2) is 29.9 Å². The van der Waals surface area contributed by atoms with Gasteiger partial charge in [-0.2, -0.15) is 0 Å². The molecule has 1 aliphatic heterocycles. The maximum absolute atomic E-state index is 4.80. The highest BCUT2D eigenvalue weighted by atomic mass is 32.1. The van der Waals surface area contributed by atoms with E-state index < -0.39 is 0 Å². The van der Waals surface area contributed by atoms with Gasteiger partial charge in [0.05, 0.1) is 10.6 Å². The summed E-state index contributed by atoms with van der Waals surface area (Å²) in [6, 6.07) is 8.49. The first-order valence-corrected chi connectivity index (χ1v) is 14.5. The Kier molecular flexibility index (Phi) is 7.87. The summed E-state index contributed by atoms with van der Waals surface area (Å²) in [5.74, 6) is 2.31. The Bertz CT molecular complexity index is 1350. The van der Waals surface area contributed by atoms with Gasteiger partial charge in [0.2, 0.25) is 11.9 Å². The SMILES string of the molecule is Cc1cc(-c2cnc(Nc3ccc(CN4CCN(c5ncccn5)CC4)cn3)s2)nc(NC2CCCCC2)n1. The van der Waals surface area contributed by atoms with Gasteiger partial charge in [-0.3, -0.25) is 4.90 Å². The second-order valence-electron chi connectivity index (χ2n) is 10.2. The van der Waals surface area contributed by atoms with Crippen molar-refractivity contribution in [3.8, 4) is 10.6 Å². The quantitative estimate of drug-likeness (QED) is 0.319. The van der Waals surface area contributed by atoms with Crippen molar-refractivity contribution in [1.82, 2.24) is 34.8 Å². The number of piperazine rings is 1. The van der Waals surface area contributed by atoms with Gasteiger partial charge in [-0.1, -0.05) is 36.7 Å². The van der Waals surface area contributed by atoms with Crippen molar-refractivity contribution in [2.75, 3.05) is 41.7 Å². The van der Waals surface area contributed by atoms with Gasteiger partial charge >= 0.3 is 0 Å². The Morgan fingerprint density at radius 2 is 1.74 bits per heavy atom. The minimum absolute atomic E-state index is 0.467. The van der Waals surface area contributed by atoms with Crippen molar-refractivity contribution in [2.45, 2.75) is 51.6 Å². The Hall–Kier alpha value is -3.70. The largest absolute Gasteiger partial charge is 0.351 e. The monoisotopic (exact) mass is 542 g/mol. The van der Waals surface area contributed by atoms with Crippen LogP contribution in [0.25, 0.3) is 10.6 Å². The molecule has 0 aromatic carbocycles. The Morgan fingerprint density at radius 3 is 2.51 bits per heavy atom. The predicted molar refractivity (Wildman–Crippen MR) is 155 cm³/mol. The molecule has 2 aliphatic rings. The average Bonchev–Trinajstić information content (AvgIpc) is 3.44. The molecule has 0 bridgehead atoms. The molecule has 0 unspecified atom stereocenters. The second kappa shape index (κ2) is 12.0. The van der Waals surface area contributed by atoms with Crippen LogP contribution in [0.5, 0.6) is 0 Å². The van der Waals surface area contributed by atoms with Gasteiger partial charge in [0, 0.05) is 69.2 Å². The molecule has 39 heavy (non-hydrogen) atoms. The number of aromatic nitrogens is 6. The first-order valence-electron chi connectivity index (χ1n) is 13.7. The van der Waals surface area contributed by atoms with Crippen molar-refractivity contribution in [3.63, 3.8) is 0 Å². The maximum atomic E-state index is 4.80. The van der Waals surface area contributed by atoms with Gasteiger partial charge in [0.25, 0.3) is 0 Å². The van der Waals surface area contributed by atoms with Crippen molar-refractivity contribution in [2.24, 2.45) is 0 Å². The molecule has 11 heteroatoms. The number of thiazole rings is 1. The zero-order chi connectivity index (χ0) is 26.4. The van der Waals surface area contributed by atoms with E-state index in [9.17, 15) is 0 Å². The fraction of sp³-hybridized carbons (Fsp3) is 0.429. The van der Waals surface area contributed by atoms with E-state index in [2.05, 4.69) is 51.4 Å². The van der Waals surface area contributed by atoms with E-state index in [1.807, 2.05) is 37.5 Å². The fourth-order valence-electron chi connectivity index (χ4n) is 5.16. The zero-order valence-electron chi connectivity index (χ0n) is 22.3. The molecule has 10 nitrogen and oxygen atoms in total. The standard InChI is InChI=1S/C28H34N10S/c1-20-16-23(35-26(33-20)34-22-6-3-2-4-7-22)24-18-32-28(39-24)36-25-9-8-21(17-31-25)19-37-12-14-38(15-13-37)27-29-10-5-11-30-27/h5,8-11,16-18,22H,2-4,6-7,12-15,19H2,1H3,(H,31,32,36)(H,33,34,35). The van der Waals surface area contributed by atoms with Crippen LogP contribution < -0.4 is 15.5 Å². The summed E-state index contributed by atoms with van der Waals surface area (Å²) in [6.07, 6.45) is 13.7. The summed E-state index contributed by atoms with van der Waals surface area (Å²) in [5.41, 5.74) is 3.04. The topological polar surface area (TPSA) is 108 Å². The number of rotatable bonds is 8. The molecule has 0 spiro atoms. The van der Waals surface area contributed by atoms with Crippen LogP contribution in [-0.2, 0) is 6.54 Å². The number of anilines is 4. The number of hydrogen-bond donors (Lipinski definition) is 2. The minimum atomic E-state index is 0.467. The Labute approximate surface area is 233 Å². The van der Waals surface area contributed by atoms with E-state index >= 15 is 0 Å². The van der Waals surface area contributed by atoms with Crippen LogP contribution in [0.2, 0.25) is 0 Å². The highest BCUT2D eigenvalue weighted by Crippen LogP contribution is 2.30. The lowest BCUT2D eigenvalue weighted by Gasteiger charge is -2.34. The van der Waals surface area contributed by atoms with Crippen molar-refractivity contribution < 1.29 is 0 Å². The summed E-state index contributed by atoms with van der Waals surface area (Å²) in [6.45, 7) is 6.69. The van der Waals surface area contributed by atoms with Gasteiger partial charge in [0.15, 0.2) is 5.13 Å². The van der Waals surface area contributed by atoms with Crippen molar-refractivity contribution in [3.05, 3.63) is 60.3 Å². The van der Waals surface area contributed by atoms with Gasteiger partial charge in [-0.05, 0) is 43.5 Å². The normalized spacial score (nSPS) is 16.8. The summed E-state index contributed by atoms with van der Waals surface area (Å²) >= 11 is 1.57. The number of pyridine rings is 1. The molecular weight excluding hydrogens is 508 g/mol. The van der Waals surface area contributed by atoms with Gasteiger partial charge in [-0.15, -0.1) is 0 Å². The number of hydrogen-bond acceptors (Lipinski definition) is 11. The summed E-state index contributed by atoms with van der Waals surface area (Å²) in [7, 11) is 0. The lowest BCUT2D eigenvalue weighted by molar-refractivity contribution is 0.248. The van der Waals surface area contributed by atoms with E-state index in [4.69, 9.17) is 4.98 Å². The van der Waals surface area contributed by atoms with Crippen LogP contribution in [0.15, 0.2) is 49.1 Å². The van der Waals surface area contributed by atoms with Crippen LogP contribution in [0.4, 0.5) is 22.8 Å². The molecule has 0 atom stereocenters. The van der Waals surface area contributed by atoms with Crippen LogP contribution in [0.3, 0.4) is 0 Å². The molecule has 202 valence electrons. The first kappa shape index (κ1) is 25.6.